The molecule has 0 amide bonds. The molecule has 3 heteroatoms. The summed E-state index contributed by atoms with van der Waals surface area (Å²) in [7, 11) is 0. The van der Waals surface area contributed by atoms with Gasteiger partial charge in [-0.1, -0.05) is 29.8 Å². The molecule has 2 nitrogen and oxygen atoms in total. The van der Waals surface area contributed by atoms with Crippen LogP contribution in [0.5, 0.6) is 0 Å². The Balaban J connectivity index is 2.37. The van der Waals surface area contributed by atoms with Crippen LogP contribution in [-0.4, -0.2) is 11.1 Å². The van der Waals surface area contributed by atoms with E-state index in [9.17, 15) is 9.18 Å². The first kappa shape index (κ1) is 12.3. The van der Waals surface area contributed by atoms with E-state index < -0.39 is 5.97 Å². The molecule has 2 aromatic carbocycles. The molecule has 0 unspecified atom stereocenters. The van der Waals surface area contributed by atoms with Crippen LogP contribution in [0.3, 0.4) is 0 Å². The fourth-order valence-corrected chi connectivity index (χ4v) is 1.91. The smallest absolute Gasteiger partial charge is 0.335 e. The van der Waals surface area contributed by atoms with Gasteiger partial charge >= 0.3 is 5.97 Å². The maximum Gasteiger partial charge on any atom is 0.335 e. The second kappa shape index (κ2) is 5.00. The number of carbonyl (C=O) groups is 1. The second-order valence-electron chi connectivity index (χ2n) is 4.27. The molecule has 0 heterocycles. The van der Waals surface area contributed by atoms with Gasteiger partial charge in [-0.15, -0.1) is 0 Å². The Morgan fingerprint density at radius 1 is 1.22 bits per heavy atom. The Hall–Kier alpha value is -2.16. The normalized spacial score (nSPS) is 10.3. The zero-order valence-corrected chi connectivity index (χ0v) is 9.98. The third-order valence-corrected chi connectivity index (χ3v) is 2.78. The molecule has 0 atom stereocenters. The number of benzene rings is 2. The van der Waals surface area contributed by atoms with Crippen molar-refractivity contribution in [1.29, 1.82) is 0 Å². The van der Waals surface area contributed by atoms with Crippen molar-refractivity contribution in [3.05, 3.63) is 70.5 Å². The molecule has 0 spiro atoms. The molecule has 0 fully saturated rings. The number of carboxylic acid groups (broad SMARTS) is 1. The molecule has 1 N–H and O–H groups in total. The molecule has 0 aliphatic rings. The van der Waals surface area contributed by atoms with Gasteiger partial charge in [-0.2, -0.15) is 0 Å². The summed E-state index contributed by atoms with van der Waals surface area (Å²) in [5.74, 6) is -1.26. The Kier molecular flexibility index (Phi) is 3.42. The predicted molar refractivity (Wildman–Crippen MR) is 67.3 cm³/mol. The highest BCUT2D eigenvalue weighted by atomic mass is 19.1. The second-order valence-corrected chi connectivity index (χ2v) is 4.27. The summed E-state index contributed by atoms with van der Waals surface area (Å²) in [5.41, 5.74) is 2.63. The van der Waals surface area contributed by atoms with Crippen molar-refractivity contribution in [2.24, 2.45) is 0 Å². The van der Waals surface area contributed by atoms with Gasteiger partial charge in [0.2, 0.25) is 0 Å². The molecule has 0 radical (unpaired) electrons. The van der Waals surface area contributed by atoms with Crippen LogP contribution in [0.2, 0.25) is 0 Å². The third-order valence-electron chi connectivity index (χ3n) is 2.78. The van der Waals surface area contributed by atoms with E-state index in [0.29, 0.717) is 12.0 Å². The van der Waals surface area contributed by atoms with E-state index >= 15 is 0 Å². The van der Waals surface area contributed by atoms with Gasteiger partial charge in [0, 0.05) is 0 Å². The van der Waals surface area contributed by atoms with Gasteiger partial charge in [0.05, 0.1) is 5.56 Å². The highest BCUT2D eigenvalue weighted by molar-refractivity contribution is 5.89. The van der Waals surface area contributed by atoms with Crippen LogP contribution in [0.25, 0.3) is 0 Å². The van der Waals surface area contributed by atoms with Crippen LogP contribution in [0.4, 0.5) is 4.39 Å². The van der Waals surface area contributed by atoms with Crippen LogP contribution in [0, 0.1) is 12.7 Å². The van der Waals surface area contributed by atoms with Crippen molar-refractivity contribution in [2.75, 3.05) is 0 Å². The lowest BCUT2D eigenvalue weighted by Gasteiger charge is -2.07. The molecule has 18 heavy (non-hydrogen) atoms. The first-order valence-corrected chi connectivity index (χ1v) is 5.63. The Bertz CT molecular complexity index is 591. The van der Waals surface area contributed by atoms with E-state index in [-0.39, 0.29) is 11.4 Å². The van der Waals surface area contributed by atoms with Gasteiger partial charge in [0.1, 0.15) is 5.82 Å². The lowest BCUT2D eigenvalue weighted by molar-refractivity contribution is 0.0695. The quantitative estimate of drug-likeness (QED) is 0.898. The molecule has 0 aliphatic carbocycles. The van der Waals surface area contributed by atoms with Crippen molar-refractivity contribution in [3.63, 3.8) is 0 Å². The van der Waals surface area contributed by atoms with E-state index in [2.05, 4.69) is 0 Å². The minimum Gasteiger partial charge on any atom is -0.478 e. The van der Waals surface area contributed by atoms with Crippen LogP contribution in [0.15, 0.2) is 42.5 Å². The Morgan fingerprint density at radius 3 is 2.67 bits per heavy atom. The standard InChI is InChI=1S/C15H13FO2/c1-10-5-6-12(14(7-10)15(17)18)8-11-3-2-4-13(16)9-11/h2-7,9H,8H2,1H3,(H,17,18). The van der Waals surface area contributed by atoms with Crippen LogP contribution in [0.1, 0.15) is 27.0 Å². The molecule has 2 aromatic rings. The zero-order chi connectivity index (χ0) is 13.1. The Labute approximate surface area is 105 Å². The first-order valence-electron chi connectivity index (χ1n) is 5.63. The van der Waals surface area contributed by atoms with Gasteiger partial charge < -0.3 is 5.11 Å². The molecular weight excluding hydrogens is 231 g/mol. The monoisotopic (exact) mass is 244 g/mol. The Morgan fingerprint density at radius 2 is 2.00 bits per heavy atom. The number of rotatable bonds is 3. The fourth-order valence-electron chi connectivity index (χ4n) is 1.91. The minimum atomic E-state index is -0.954. The van der Waals surface area contributed by atoms with Gasteiger partial charge in [-0.3, -0.25) is 0 Å². The lowest BCUT2D eigenvalue weighted by atomic mass is 9.98. The highest BCUT2D eigenvalue weighted by Crippen LogP contribution is 2.17. The molecule has 0 saturated heterocycles. The molecule has 2 rings (SSSR count). The van der Waals surface area contributed by atoms with Crippen LogP contribution >= 0.6 is 0 Å². The summed E-state index contributed by atoms with van der Waals surface area (Å²) >= 11 is 0. The number of carboxylic acids is 1. The van der Waals surface area contributed by atoms with Gasteiger partial charge in [0.15, 0.2) is 0 Å². The molecule has 0 bridgehead atoms. The summed E-state index contributed by atoms with van der Waals surface area (Å²) in [6, 6.07) is 11.5. The predicted octanol–water partition coefficient (Wildman–Crippen LogP) is 3.42. The van der Waals surface area contributed by atoms with Crippen molar-refractivity contribution < 1.29 is 14.3 Å². The first-order chi connectivity index (χ1) is 8.56. The number of hydrogen-bond donors (Lipinski definition) is 1. The number of aromatic carboxylic acids is 1. The largest absolute Gasteiger partial charge is 0.478 e. The molecule has 92 valence electrons. The van der Waals surface area contributed by atoms with Crippen molar-refractivity contribution in [2.45, 2.75) is 13.3 Å². The molecule has 0 aliphatic heterocycles. The van der Waals surface area contributed by atoms with Crippen LogP contribution < -0.4 is 0 Å². The number of aryl methyl sites for hydroxylation is 1. The van der Waals surface area contributed by atoms with E-state index in [1.807, 2.05) is 13.0 Å². The average molecular weight is 244 g/mol. The summed E-state index contributed by atoms with van der Waals surface area (Å²) in [6.07, 6.45) is 0.416. The van der Waals surface area contributed by atoms with E-state index in [1.54, 1.807) is 24.3 Å². The average Bonchev–Trinajstić information content (AvgIpc) is 2.31. The summed E-state index contributed by atoms with van der Waals surface area (Å²) < 4.78 is 13.1. The highest BCUT2D eigenvalue weighted by Gasteiger charge is 2.10. The van der Waals surface area contributed by atoms with Gasteiger partial charge in [0.25, 0.3) is 0 Å². The van der Waals surface area contributed by atoms with Crippen molar-refractivity contribution in [1.82, 2.24) is 0 Å². The number of halogens is 1. The van der Waals surface area contributed by atoms with Gasteiger partial charge in [-0.05, 0) is 42.7 Å². The fraction of sp³-hybridized carbons (Fsp3) is 0.133. The number of hydrogen-bond acceptors (Lipinski definition) is 1. The van der Waals surface area contributed by atoms with Crippen molar-refractivity contribution in [3.8, 4) is 0 Å². The lowest BCUT2D eigenvalue weighted by Crippen LogP contribution is -2.03. The third kappa shape index (κ3) is 2.74. The summed E-state index contributed by atoms with van der Waals surface area (Å²) in [6.45, 7) is 1.85. The summed E-state index contributed by atoms with van der Waals surface area (Å²) in [4.78, 5) is 11.2. The van der Waals surface area contributed by atoms with Crippen LogP contribution in [-0.2, 0) is 6.42 Å². The van der Waals surface area contributed by atoms with E-state index in [0.717, 1.165) is 11.1 Å². The maximum absolute atomic E-state index is 13.1. The summed E-state index contributed by atoms with van der Waals surface area (Å²) in [5, 5.41) is 9.15. The van der Waals surface area contributed by atoms with E-state index in [4.69, 9.17) is 5.11 Å². The maximum atomic E-state index is 13.1. The van der Waals surface area contributed by atoms with E-state index in [1.165, 1.54) is 12.1 Å². The molecular formula is C15H13FO2. The molecule has 0 saturated carbocycles. The SMILES string of the molecule is Cc1ccc(Cc2cccc(F)c2)c(C(=O)O)c1. The van der Waals surface area contributed by atoms with Gasteiger partial charge in [-0.25, -0.2) is 9.18 Å². The minimum absolute atomic E-state index is 0.277. The topological polar surface area (TPSA) is 37.3 Å². The van der Waals surface area contributed by atoms with Crippen molar-refractivity contribution >= 4 is 5.97 Å². The molecule has 0 aromatic heterocycles. The zero-order valence-electron chi connectivity index (χ0n) is 9.98.